The Kier molecular flexibility index (Phi) is 3.89. The average Bonchev–Trinajstić information content (AvgIpc) is 2.34. The second-order valence-corrected chi connectivity index (χ2v) is 5.01. The van der Waals surface area contributed by atoms with Gasteiger partial charge in [-0.15, -0.1) is 0 Å². The molecule has 1 aliphatic rings. The lowest BCUT2D eigenvalue weighted by Gasteiger charge is -2.37. The van der Waals surface area contributed by atoms with Gasteiger partial charge in [-0.1, -0.05) is 6.92 Å². The number of hydrogen-bond acceptors (Lipinski definition) is 3. The minimum atomic E-state index is -0.282. The van der Waals surface area contributed by atoms with E-state index in [1.807, 2.05) is 0 Å². The van der Waals surface area contributed by atoms with Crippen molar-refractivity contribution >= 4 is 27.3 Å². The predicted molar refractivity (Wildman–Crippen MR) is 70.8 cm³/mol. The maximum absolute atomic E-state index is 13.6. The summed E-state index contributed by atoms with van der Waals surface area (Å²) in [6, 6.07) is 3.38. The Bertz CT molecular complexity index is 414. The highest BCUT2D eigenvalue weighted by atomic mass is 79.9. The fourth-order valence-corrected chi connectivity index (χ4v) is 2.47. The zero-order valence-electron chi connectivity index (χ0n) is 9.75. The van der Waals surface area contributed by atoms with Crippen LogP contribution in [0.3, 0.4) is 0 Å². The number of anilines is 2. The third kappa shape index (κ3) is 2.55. The predicted octanol–water partition coefficient (Wildman–Crippen LogP) is 2.79. The molecule has 1 saturated heterocycles. The summed E-state index contributed by atoms with van der Waals surface area (Å²) in [7, 11) is 0. The molecule has 0 radical (unpaired) electrons. The molecule has 1 atom stereocenters. The van der Waals surface area contributed by atoms with E-state index in [2.05, 4.69) is 27.8 Å². The minimum Gasteiger partial charge on any atom is -0.397 e. The van der Waals surface area contributed by atoms with Crippen LogP contribution in [-0.4, -0.2) is 25.8 Å². The first kappa shape index (κ1) is 12.6. The van der Waals surface area contributed by atoms with Gasteiger partial charge in [-0.3, -0.25) is 0 Å². The smallest absolute Gasteiger partial charge is 0.139 e. The summed E-state index contributed by atoms with van der Waals surface area (Å²) < 4.78 is 19.4. The maximum atomic E-state index is 13.6. The van der Waals surface area contributed by atoms with Gasteiger partial charge in [0.2, 0.25) is 0 Å². The van der Waals surface area contributed by atoms with E-state index in [-0.39, 0.29) is 11.9 Å². The number of nitrogen functional groups attached to an aromatic ring is 1. The van der Waals surface area contributed by atoms with Crippen LogP contribution in [0, 0.1) is 5.82 Å². The molecule has 5 heteroatoms. The topological polar surface area (TPSA) is 38.5 Å². The molecular weight excluding hydrogens is 287 g/mol. The lowest BCUT2D eigenvalue weighted by molar-refractivity contribution is 0.0930. The van der Waals surface area contributed by atoms with Crippen molar-refractivity contribution in [1.82, 2.24) is 0 Å². The van der Waals surface area contributed by atoms with Gasteiger partial charge in [-0.25, -0.2) is 4.39 Å². The monoisotopic (exact) mass is 302 g/mol. The second-order valence-electron chi connectivity index (χ2n) is 4.16. The third-order valence-corrected chi connectivity index (χ3v) is 3.69. The number of rotatable bonds is 2. The molecule has 17 heavy (non-hydrogen) atoms. The lowest BCUT2D eigenvalue weighted by Crippen LogP contribution is -2.45. The van der Waals surface area contributed by atoms with Crippen molar-refractivity contribution in [2.75, 3.05) is 30.4 Å². The van der Waals surface area contributed by atoms with Crippen molar-refractivity contribution in [3.8, 4) is 0 Å². The van der Waals surface area contributed by atoms with E-state index in [9.17, 15) is 4.39 Å². The molecule has 0 aliphatic carbocycles. The molecular formula is C12H16BrFN2O. The second kappa shape index (κ2) is 5.23. The molecule has 94 valence electrons. The van der Waals surface area contributed by atoms with Crippen molar-refractivity contribution in [2.24, 2.45) is 0 Å². The molecule has 1 heterocycles. The van der Waals surface area contributed by atoms with Crippen LogP contribution in [0.5, 0.6) is 0 Å². The first-order valence-electron chi connectivity index (χ1n) is 5.72. The number of morpholine rings is 1. The van der Waals surface area contributed by atoms with Crippen LogP contribution in [0.2, 0.25) is 0 Å². The molecule has 1 unspecified atom stereocenters. The molecule has 1 aliphatic heterocycles. The standard InChI is InChI=1S/C12H16BrFN2O/c1-2-8-7-17-4-3-16(8)12-6-10(14)9(13)5-11(12)15/h5-6,8H,2-4,7,15H2,1H3. The van der Waals surface area contributed by atoms with Gasteiger partial charge in [0.05, 0.1) is 35.1 Å². The van der Waals surface area contributed by atoms with Crippen molar-refractivity contribution in [3.63, 3.8) is 0 Å². The molecule has 0 bridgehead atoms. The van der Waals surface area contributed by atoms with Gasteiger partial charge in [0, 0.05) is 12.6 Å². The number of benzene rings is 1. The summed E-state index contributed by atoms with van der Waals surface area (Å²) in [5.41, 5.74) is 7.32. The van der Waals surface area contributed by atoms with E-state index in [0.717, 1.165) is 18.7 Å². The molecule has 0 aromatic heterocycles. The fraction of sp³-hybridized carbons (Fsp3) is 0.500. The number of ether oxygens (including phenoxy) is 1. The summed E-state index contributed by atoms with van der Waals surface area (Å²) in [5, 5.41) is 0. The summed E-state index contributed by atoms with van der Waals surface area (Å²) >= 11 is 3.14. The van der Waals surface area contributed by atoms with Crippen LogP contribution in [-0.2, 0) is 4.74 Å². The van der Waals surface area contributed by atoms with Crippen LogP contribution < -0.4 is 10.6 Å². The van der Waals surface area contributed by atoms with Gasteiger partial charge >= 0.3 is 0 Å². The Morgan fingerprint density at radius 3 is 3.06 bits per heavy atom. The van der Waals surface area contributed by atoms with Gasteiger partial charge in [-0.2, -0.15) is 0 Å². The highest BCUT2D eigenvalue weighted by Gasteiger charge is 2.24. The molecule has 3 nitrogen and oxygen atoms in total. The fourth-order valence-electron chi connectivity index (χ4n) is 2.11. The number of nitrogens with zero attached hydrogens (tertiary/aromatic N) is 1. The molecule has 0 amide bonds. The van der Waals surface area contributed by atoms with E-state index < -0.39 is 0 Å². The Balaban J connectivity index is 2.34. The minimum absolute atomic E-state index is 0.270. The van der Waals surface area contributed by atoms with Crippen LogP contribution in [0.15, 0.2) is 16.6 Å². The maximum Gasteiger partial charge on any atom is 0.139 e. The first-order chi connectivity index (χ1) is 8.13. The first-order valence-corrected chi connectivity index (χ1v) is 6.51. The van der Waals surface area contributed by atoms with E-state index in [1.54, 1.807) is 6.07 Å². The summed E-state index contributed by atoms with van der Waals surface area (Å²) in [4.78, 5) is 2.13. The quantitative estimate of drug-likeness (QED) is 0.854. The lowest BCUT2D eigenvalue weighted by atomic mass is 10.1. The molecule has 1 aromatic rings. The van der Waals surface area contributed by atoms with Gasteiger partial charge < -0.3 is 15.4 Å². The SMILES string of the molecule is CCC1COCCN1c1cc(F)c(Br)cc1N. The summed E-state index contributed by atoms with van der Waals surface area (Å²) in [6.45, 7) is 4.18. The van der Waals surface area contributed by atoms with Gasteiger partial charge in [0.25, 0.3) is 0 Å². The zero-order valence-corrected chi connectivity index (χ0v) is 11.3. The Labute approximate surface area is 109 Å². The van der Waals surface area contributed by atoms with E-state index in [1.165, 1.54) is 6.07 Å². The van der Waals surface area contributed by atoms with Crippen molar-refractivity contribution in [1.29, 1.82) is 0 Å². The van der Waals surface area contributed by atoms with E-state index in [0.29, 0.717) is 23.4 Å². The average molecular weight is 303 g/mol. The van der Waals surface area contributed by atoms with Crippen LogP contribution in [0.4, 0.5) is 15.8 Å². The number of hydrogen-bond donors (Lipinski definition) is 1. The highest BCUT2D eigenvalue weighted by molar-refractivity contribution is 9.10. The van der Waals surface area contributed by atoms with Gasteiger partial charge in [0.15, 0.2) is 0 Å². The Morgan fingerprint density at radius 2 is 2.35 bits per heavy atom. The molecule has 0 saturated carbocycles. The van der Waals surface area contributed by atoms with Gasteiger partial charge in [0.1, 0.15) is 5.82 Å². The number of nitrogens with two attached hydrogens (primary N) is 1. The van der Waals surface area contributed by atoms with Crippen molar-refractivity contribution < 1.29 is 9.13 Å². The summed E-state index contributed by atoms with van der Waals surface area (Å²) in [5.74, 6) is -0.282. The van der Waals surface area contributed by atoms with Crippen LogP contribution in [0.1, 0.15) is 13.3 Å². The third-order valence-electron chi connectivity index (χ3n) is 3.08. The number of halogens is 2. The molecule has 2 N–H and O–H groups in total. The van der Waals surface area contributed by atoms with Crippen molar-refractivity contribution in [2.45, 2.75) is 19.4 Å². The molecule has 0 spiro atoms. The Hall–Kier alpha value is -0.810. The molecule has 1 fully saturated rings. The highest BCUT2D eigenvalue weighted by Crippen LogP contribution is 2.32. The normalized spacial score (nSPS) is 20.6. The van der Waals surface area contributed by atoms with Crippen LogP contribution in [0.25, 0.3) is 0 Å². The van der Waals surface area contributed by atoms with Crippen molar-refractivity contribution in [3.05, 3.63) is 22.4 Å². The zero-order chi connectivity index (χ0) is 12.4. The van der Waals surface area contributed by atoms with E-state index >= 15 is 0 Å². The van der Waals surface area contributed by atoms with Crippen LogP contribution >= 0.6 is 15.9 Å². The summed E-state index contributed by atoms with van der Waals surface area (Å²) in [6.07, 6.45) is 0.955. The molecule has 1 aromatic carbocycles. The van der Waals surface area contributed by atoms with Gasteiger partial charge in [-0.05, 0) is 28.4 Å². The largest absolute Gasteiger partial charge is 0.397 e. The van der Waals surface area contributed by atoms with E-state index in [4.69, 9.17) is 10.5 Å². The molecule has 2 rings (SSSR count). The Morgan fingerprint density at radius 1 is 1.59 bits per heavy atom.